The van der Waals surface area contributed by atoms with Crippen molar-refractivity contribution in [3.05, 3.63) is 46.8 Å². The minimum atomic E-state index is -4.21. The molecule has 0 radical (unpaired) electrons. The molecule has 1 heterocycles. The Balaban J connectivity index is 1.61. The van der Waals surface area contributed by atoms with Crippen LogP contribution in [0.2, 0.25) is 0 Å². The van der Waals surface area contributed by atoms with Gasteiger partial charge in [0, 0.05) is 11.6 Å². The van der Waals surface area contributed by atoms with Gasteiger partial charge < -0.3 is 14.6 Å². The third kappa shape index (κ3) is 4.85. The van der Waals surface area contributed by atoms with Crippen molar-refractivity contribution in [1.82, 2.24) is 10.5 Å². The second-order valence-electron chi connectivity index (χ2n) is 7.19. The molecule has 2 atom stereocenters. The Labute approximate surface area is 161 Å². The van der Waals surface area contributed by atoms with Gasteiger partial charge in [0.05, 0.1) is 17.2 Å². The number of carbonyl (C=O) groups is 1. The number of rotatable bonds is 5. The molecular formula is C20H23F3N2O3. The van der Waals surface area contributed by atoms with Crippen molar-refractivity contribution in [1.29, 1.82) is 0 Å². The van der Waals surface area contributed by atoms with E-state index in [2.05, 4.69) is 10.5 Å². The van der Waals surface area contributed by atoms with Gasteiger partial charge in [-0.3, -0.25) is 4.79 Å². The summed E-state index contributed by atoms with van der Waals surface area (Å²) in [6, 6.07) is 6.12. The third-order valence-electron chi connectivity index (χ3n) is 5.13. The SMILES string of the molecule is Cc1noc(C)c1COc1cccc(C(=O)N[C@H]2CCC[C@@H](C(F)(F)F)C2)c1. The number of hydrogen-bond donors (Lipinski definition) is 1. The Kier molecular flexibility index (Phi) is 5.96. The molecule has 3 rings (SSSR count). The van der Waals surface area contributed by atoms with Crippen LogP contribution in [0.5, 0.6) is 5.75 Å². The number of carbonyl (C=O) groups excluding carboxylic acids is 1. The van der Waals surface area contributed by atoms with Gasteiger partial charge in [0.15, 0.2) is 0 Å². The normalized spacial score (nSPS) is 20.0. The minimum absolute atomic E-state index is 0.0720. The van der Waals surface area contributed by atoms with Crippen molar-refractivity contribution in [3.63, 3.8) is 0 Å². The molecule has 28 heavy (non-hydrogen) atoms. The number of halogens is 3. The Morgan fingerprint density at radius 1 is 1.32 bits per heavy atom. The Morgan fingerprint density at radius 2 is 2.11 bits per heavy atom. The average Bonchev–Trinajstić information content (AvgIpc) is 2.97. The second-order valence-corrected chi connectivity index (χ2v) is 7.19. The molecule has 1 aromatic heterocycles. The highest BCUT2D eigenvalue weighted by Crippen LogP contribution is 2.37. The number of amides is 1. The van der Waals surface area contributed by atoms with Gasteiger partial charge >= 0.3 is 6.18 Å². The first-order chi connectivity index (χ1) is 13.2. The standard InChI is InChI=1S/C20H23F3N2O3/c1-12-18(13(2)28-25-12)11-27-17-8-3-5-14(9-17)19(26)24-16-7-4-6-15(10-16)20(21,22)23/h3,5,8-9,15-16H,4,6-7,10-11H2,1-2H3,(H,24,26)/t15-,16+/m1/s1. The lowest BCUT2D eigenvalue weighted by molar-refractivity contribution is -0.183. The predicted octanol–water partition coefficient (Wildman–Crippen LogP) is 4.72. The van der Waals surface area contributed by atoms with Crippen LogP contribution < -0.4 is 10.1 Å². The van der Waals surface area contributed by atoms with Crippen molar-refractivity contribution < 1.29 is 27.2 Å². The summed E-state index contributed by atoms with van der Waals surface area (Å²) >= 11 is 0. The van der Waals surface area contributed by atoms with Gasteiger partial charge in [0.25, 0.3) is 5.91 Å². The molecule has 0 unspecified atom stereocenters. The van der Waals surface area contributed by atoms with Crippen LogP contribution in [0.1, 0.15) is 53.1 Å². The highest BCUT2D eigenvalue weighted by molar-refractivity contribution is 5.94. The monoisotopic (exact) mass is 396 g/mol. The van der Waals surface area contributed by atoms with Crippen LogP contribution in [-0.2, 0) is 6.61 Å². The number of aromatic nitrogens is 1. The van der Waals surface area contributed by atoms with Gasteiger partial charge in [0.2, 0.25) is 0 Å². The Hall–Kier alpha value is -2.51. The van der Waals surface area contributed by atoms with Gasteiger partial charge in [-0.25, -0.2) is 0 Å². The number of nitrogens with one attached hydrogen (secondary N) is 1. The first-order valence-corrected chi connectivity index (χ1v) is 9.26. The smallest absolute Gasteiger partial charge is 0.391 e. The van der Waals surface area contributed by atoms with Crippen LogP contribution >= 0.6 is 0 Å². The fourth-order valence-electron chi connectivity index (χ4n) is 3.48. The van der Waals surface area contributed by atoms with Crippen molar-refractivity contribution in [2.45, 2.75) is 58.4 Å². The number of hydrogen-bond acceptors (Lipinski definition) is 4. The maximum Gasteiger partial charge on any atom is 0.391 e. The molecule has 1 saturated carbocycles. The van der Waals surface area contributed by atoms with E-state index in [-0.39, 0.29) is 19.4 Å². The number of ether oxygens (including phenoxy) is 1. The number of alkyl halides is 3. The van der Waals surface area contributed by atoms with E-state index in [0.29, 0.717) is 29.9 Å². The van der Waals surface area contributed by atoms with Crippen LogP contribution in [0, 0.1) is 19.8 Å². The molecule has 0 aliphatic heterocycles. The topological polar surface area (TPSA) is 64.4 Å². The second kappa shape index (κ2) is 8.24. The third-order valence-corrected chi connectivity index (χ3v) is 5.13. The Bertz CT molecular complexity index is 813. The lowest BCUT2D eigenvalue weighted by atomic mass is 9.85. The van der Waals surface area contributed by atoms with Crippen LogP contribution in [0.25, 0.3) is 0 Å². The van der Waals surface area contributed by atoms with E-state index in [1.807, 2.05) is 6.92 Å². The molecule has 152 valence electrons. The van der Waals surface area contributed by atoms with E-state index in [1.54, 1.807) is 31.2 Å². The molecule has 8 heteroatoms. The lowest BCUT2D eigenvalue weighted by Gasteiger charge is -2.31. The van der Waals surface area contributed by atoms with E-state index in [1.165, 1.54) is 0 Å². The van der Waals surface area contributed by atoms with Gasteiger partial charge in [-0.2, -0.15) is 13.2 Å². The summed E-state index contributed by atoms with van der Waals surface area (Å²) in [7, 11) is 0. The zero-order valence-corrected chi connectivity index (χ0v) is 15.8. The van der Waals surface area contributed by atoms with Crippen LogP contribution in [0.15, 0.2) is 28.8 Å². The molecule has 1 aliphatic carbocycles. The van der Waals surface area contributed by atoms with Crippen molar-refractivity contribution in [2.75, 3.05) is 0 Å². The number of aryl methyl sites for hydroxylation is 2. The molecule has 0 saturated heterocycles. The van der Waals surface area contributed by atoms with E-state index < -0.39 is 24.0 Å². The molecule has 1 aliphatic rings. The zero-order chi connectivity index (χ0) is 20.3. The molecule has 2 aromatic rings. The average molecular weight is 396 g/mol. The van der Waals surface area contributed by atoms with Gasteiger partial charge in [-0.1, -0.05) is 17.6 Å². The van der Waals surface area contributed by atoms with E-state index >= 15 is 0 Å². The zero-order valence-electron chi connectivity index (χ0n) is 15.8. The van der Waals surface area contributed by atoms with Gasteiger partial charge in [0.1, 0.15) is 18.1 Å². The molecule has 1 amide bonds. The fraction of sp³-hybridized carbons (Fsp3) is 0.500. The summed E-state index contributed by atoms with van der Waals surface area (Å²) in [4.78, 5) is 12.5. The first-order valence-electron chi connectivity index (χ1n) is 9.26. The minimum Gasteiger partial charge on any atom is -0.489 e. The summed E-state index contributed by atoms with van der Waals surface area (Å²) in [6.45, 7) is 3.86. The quantitative estimate of drug-likeness (QED) is 0.794. The fourth-order valence-corrected chi connectivity index (χ4v) is 3.48. The Morgan fingerprint density at radius 3 is 2.79 bits per heavy atom. The summed E-state index contributed by atoms with van der Waals surface area (Å²) in [5.41, 5.74) is 1.93. The predicted molar refractivity (Wildman–Crippen MR) is 96.0 cm³/mol. The summed E-state index contributed by atoms with van der Waals surface area (Å²) < 4.78 is 49.7. The van der Waals surface area contributed by atoms with Crippen molar-refractivity contribution in [3.8, 4) is 5.75 Å². The highest BCUT2D eigenvalue weighted by Gasteiger charge is 2.42. The molecule has 5 nitrogen and oxygen atoms in total. The van der Waals surface area contributed by atoms with Crippen molar-refractivity contribution in [2.24, 2.45) is 5.92 Å². The van der Waals surface area contributed by atoms with E-state index in [4.69, 9.17) is 9.26 Å². The van der Waals surface area contributed by atoms with Gasteiger partial charge in [-0.15, -0.1) is 0 Å². The van der Waals surface area contributed by atoms with Crippen molar-refractivity contribution >= 4 is 5.91 Å². The summed E-state index contributed by atoms with van der Waals surface area (Å²) in [5.74, 6) is -0.584. The van der Waals surface area contributed by atoms with E-state index in [9.17, 15) is 18.0 Å². The maximum atomic E-state index is 12.9. The summed E-state index contributed by atoms with van der Waals surface area (Å²) in [6.07, 6.45) is -3.15. The molecule has 0 bridgehead atoms. The molecule has 0 spiro atoms. The van der Waals surface area contributed by atoms with Crippen LogP contribution in [0.3, 0.4) is 0 Å². The molecule has 1 aromatic carbocycles. The molecule has 1 fully saturated rings. The van der Waals surface area contributed by atoms with Gasteiger partial charge in [-0.05, 0) is 51.3 Å². The van der Waals surface area contributed by atoms with Crippen LogP contribution in [0.4, 0.5) is 13.2 Å². The highest BCUT2D eigenvalue weighted by atomic mass is 19.4. The number of nitrogens with zero attached hydrogens (tertiary/aromatic N) is 1. The first kappa shape index (κ1) is 20.2. The largest absolute Gasteiger partial charge is 0.489 e. The molecular weight excluding hydrogens is 373 g/mol. The summed E-state index contributed by atoms with van der Waals surface area (Å²) in [5, 5.41) is 6.60. The van der Waals surface area contributed by atoms with Crippen LogP contribution in [-0.4, -0.2) is 23.3 Å². The lowest BCUT2D eigenvalue weighted by Crippen LogP contribution is -2.41. The molecule has 1 N–H and O–H groups in total. The van der Waals surface area contributed by atoms with E-state index in [0.717, 1.165) is 11.3 Å². The maximum absolute atomic E-state index is 12.9. The number of benzene rings is 1.